The van der Waals surface area contributed by atoms with E-state index >= 15 is 0 Å². The van der Waals surface area contributed by atoms with Crippen molar-refractivity contribution in [3.8, 4) is 0 Å². The van der Waals surface area contributed by atoms with Crippen molar-refractivity contribution in [1.82, 2.24) is 15.1 Å². The van der Waals surface area contributed by atoms with Gasteiger partial charge in [0.15, 0.2) is 0 Å². The summed E-state index contributed by atoms with van der Waals surface area (Å²) in [5.41, 5.74) is 6.39. The van der Waals surface area contributed by atoms with Gasteiger partial charge in [-0.3, -0.25) is 24.6 Å². The Labute approximate surface area is 233 Å². The number of nitrogens with one attached hydrogen (secondary N) is 3. The number of allylic oxidation sites excluding steroid dienone is 3. The number of amides is 3. The highest BCUT2D eigenvalue weighted by Crippen LogP contribution is 2.34. The van der Waals surface area contributed by atoms with E-state index in [9.17, 15) is 14.4 Å². The zero-order valence-electron chi connectivity index (χ0n) is 22.4. The molecular formula is C32H33N5O3. The fourth-order valence-electron chi connectivity index (χ4n) is 6.05. The third-order valence-corrected chi connectivity index (χ3v) is 8.30. The van der Waals surface area contributed by atoms with Crippen molar-refractivity contribution in [2.75, 3.05) is 25.0 Å². The lowest BCUT2D eigenvalue weighted by atomic mass is 9.87. The van der Waals surface area contributed by atoms with Crippen LogP contribution in [0.4, 0.5) is 5.69 Å². The predicted octanol–water partition coefficient (Wildman–Crippen LogP) is 4.14. The molecular weight excluding hydrogens is 502 g/mol. The van der Waals surface area contributed by atoms with Crippen LogP contribution in [0.1, 0.15) is 53.1 Å². The fraction of sp³-hybridized carbons (Fsp3) is 0.312. The van der Waals surface area contributed by atoms with Crippen LogP contribution in [0.3, 0.4) is 0 Å². The van der Waals surface area contributed by atoms with E-state index in [0.717, 1.165) is 54.9 Å². The second-order valence-corrected chi connectivity index (χ2v) is 10.9. The van der Waals surface area contributed by atoms with Gasteiger partial charge in [0.05, 0.1) is 5.71 Å². The summed E-state index contributed by atoms with van der Waals surface area (Å²) < 4.78 is 0. The van der Waals surface area contributed by atoms with Crippen LogP contribution in [-0.4, -0.2) is 58.9 Å². The normalized spacial score (nSPS) is 22.9. The van der Waals surface area contributed by atoms with Gasteiger partial charge in [0.1, 0.15) is 6.04 Å². The summed E-state index contributed by atoms with van der Waals surface area (Å²) in [5, 5.41) is 14.1. The van der Waals surface area contributed by atoms with Gasteiger partial charge < -0.3 is 15.6 Å². The molecule has 0 radical (unpaired) electrons. The fourth-order valence-corrected chi connectivity index (χ4v) is 6.05. The van der Waals surface area contributed by atoms with E-state index in [4.69, 9.17) is 5.41 Å². The highest BCUT2D eigenvalue weighted by Gasteiger charge is 2.39. The van der Waals surface area contributed by atoms with E-state index in [2.05, 4.69) is 33.7 Å². The molecule has 2 aromatic carbocycles. The Morgan fingerprint density at radius 1 is 1.00 bits per heavy atom. The maximum atomic E-state index is 13.0. The zero-order valence-corrected chi connectivity index (χ0v) is 22.4. The minimum atomic E-state index is -0.583. The van der Waals surface area contributed by atoms with Crippen molar-refractivity contribution in [3.63, 3.8) is 0 Å². The molecule has 3 amide bonds. The minimum Gasteiger partial charge on any atom is -0.361 e. The number of rotatable bonds is 6. The number of anilines is 1. The van der Waals surface area contributed by atoms with E-state index in [1.54, 1.807) is 4.90 Å². The number of imide groups is 1. The summed E-state index contributed by atoms with van der Waals surface area (Å²) in [7, 11) is 0. The molecule has 3 aliphatic heterocycles. The molecule has 204 valence electrons. The smallest absolute Gasteiger partial charge is 0.255 e. The lowest BCUT2D eigenvalue weighted by Crippen LogP contribution is -2.52. The number of benzene rings is 2. The second-order valence-electron chi connectivity index (χ2n) is 10.9. The summed E-state index contributed by atoms with van der Waals surface area (Å²) in [6.07, 6.45) is 10.6. The lowest BCUT2D eigenvalue weighted by molar-refractivity contribution is -0.136. The van der Waals surface area contributed by atoms with Gasteiger partial charge in [-0.1, -0.05) is 42.5 Å². The summed E-state index contributed by atoms with van der Waals surface area (Å²) in [5.74, 6) is -0.349. The van der Waals surface area contributed by atoms with Crippen molar-refractivity contribution in [2.24, 2.45) is 0 Å². The Kier molecular flexibility index (Phi) is 7.17. The molecule has 2 saturated heterocycles. The average molecular weight is 536 g/mol. The van der Waals surface area contributed by atoms with Gasteiger partial charge >= 0.3 is 0 Å². The second kappa shape index (κ2) is 11.1. The largest absolute Gasteiger partial charge is 0.361 e. The summed E-state index contributed by atoms with van der Waals surface area (Å²) in [6, 6.07) is 15.5. The van der Waals surface area contributed by atoms with Crippen LogP contribution in [0, 0.1) is 5.41 Å². The van der Waals surface area contributed by atoms with Gasteiger partial charge in [-0.15, -0.1) is 0 Å². The SMILES string of the molecule is N=C1C=C(CN2CCC(c3ccc4c(c3)CN(C3CCC(=O)NC3=O)C4=O)CC2)C=C/C1=C/Nc1ccccc1. The van der Waals surface area contributed by atoms with Crippen LogP contribution >= 0.6 is 0 Å². The Morgan fingerprint density at radius 3 is 2.55 bits per heavy atom. The highest BCUT2D eigenvalue weighted by molar-refractivity contribution is 6.10. The van der Waals surface area contributed by atoms with Crippen molar-refractivity contribution in [1.29, 1.82) is 5.41 Å². The third-order valence-electron chi connectivity index (χ3n) is 8.30. The van der Waals surface area contributed by atoms with Crippen LogP contribution in [-0.2, 0) is 16.1 Å². The van der Waals surface area contributed by atoms with Crippen molar-refractivity contribution >= 4 is 29.1 Å². The van der Waals surface area contributed by atoms with E-state index in [1.807, 2.05) is 54.8 Å². The van der Waals surface area contributed by atoms with Gasteiger partial charge in [0.2, 0.25) is 11.8 Å². The summed E-state index contributed by atoms with van der Waals surface area (Å²) in [6.45, 7) is 3.18. The molecule has 0 saturated carbocycles. The zero-order chi connectivity index (χ0) is 27.6. The van der Waals surface area contributed by atoms with Crippen LogP contribution < -0.4 is 10.6 Å². The predicted molar refractivity (Wildman–Crippen MR) is 154 cm³/mol. The van der Waals surface area contributed by atoms with Crippen molar-refractivity contribution < 1.29 is 14.4 Å². The van der Waals surface area contributed by atoms with Crippen molar-refractivity contribution in [2.45, 2.75) is 44.2 Å². The monoisotopic (exact) mass is 535 g/mol. The Bertz CT molecular complexity index is 1450. The third kappa shape index (κ3) is 5.40. The van der Waals surface area contributed by atoms with Gasteiger partial charge in [-0.25, -0.2) is 0 Å². The number of piperidine rings is 2. The summed E-state index contributed by atoms with van der Waals surface area (Å²) >= 11 is 0. The molecule has 3 heterocycles. The maximum Gasteiger partial charge on any atom is 0.255 e. The molecule has 0 bridgehead atoms. The first-order valence-electron chi connectivity index (χ1n) is 13.9. The number of fused-ring (bicyclic) bond motifs is 1. The van der Waals surface area contributed by atoms with E-state index in [1.165, 1.54) is 5.56 Å². The number of likely N-dealkylation sites (tertiary alicyclic amines) is 1. The molecule has 4 aliphatic rings. The van der Waals surface area contributed by atoms with E-state index in [0.29, 0.717) is 30.2 Å². The Hall–Kier alpha value is -4.30. The van der Waals surface area contributed by atoms with Gasteiger partial charge in [-0.2, -0.15) is 0 Å². The average Bonchev–Trinajstić information content (AvgIpc) is 3.29. The molecule has 1 atom stereocenters. The van der Waals surface area contributed by atoms with Crippen LogP contribution in [0.15, 0.2) is 84.1 Å². The first-order valence-corrected chi connectivity index (χ1v) is 13.9. The molecule has 2 fully saturated rings. The minimum absolute atomic E-state index is 0.126. The van der Waals surface area contributed by atoms with Gasteiger partial charge in [-0.05, 0) is 79.2 Å². The quantitative estimate of drug-likeness (QED) is 0.482. The number of hydrogen-bond acceptors (Lipinski definition) is 6. The molecule has 1 aliphatic carbocycles. The number of carbonyl (C=O) groups is 3. The number of para-hydroxylation sites is 1. The number of hydrogen-bond donors (Lipinski definition) is 3. The molecule has 1 unspecified atom stereocenters. The number of nitrogens with zero attached hydrogens (tertiary/aromatic N) is 2. The molecule has 2 aromatic rings. The number of carbonyl (C=O) groups excluding carboxylic acids is 3. The van der Waals surface area contributed by atoms with Gasteiger partial charge in [0.25, 0.3) is 5.91 Å². The highest BCUT2D eigenvalue weighted by atomic mass is 16.2. The van der Waals surface area contributed by atoms with E-state index in [-0.39, 0.29) is 24.1 Å². The first-order chi connectivity index (χ1) is 19.4. The molecule has 8 heteroatoms. The molecule has 0 aromatic heterocycles. The summed E-state index contributed by atoms with van der Waals surface area (Å²) in [4.78, 5) is 40.9. The molecule has 40 heavy (non-hydrogen) atoms. The van der Waals surface area contributed by atoms with Crippen LogP contribution in [0.25, 0.3) is 0 Å². The van der Waals surface area contributed by atoms with E-state index < -0.39 is 6.04 Å². The molecule has 8 nitrogen and oxygen atoms in total. The van der Waals surface area contributed by atoms with Crippen LogP contribution in [0.2, 0.25) is 0 Å². The molecule has 3 N–H and O–H groups in total. The van der Waals surface area contributed by atoms with Gasteiger partial charge in [0, 0.05) is 42.5 Å². The standard InChI is InChI=1S/C32H33N5O3/c33-28-16-21(6-7-24(28)18-34-26-4-2-1-3-5-26)19-36-14-12-22(13-15-36)23-8-9-27-25(17-23)20-37(32(27)40)29-10-11-30(38)35-31(29)39/h1-9,16-18,22,29,33-34H,10-15,19-20H2,(H,35,38,39)/b24-18-,33-28?. The van der Waals surface area contributed by atoms with Crippen LogP contribution in [0.5, 0.6) is 0 Å². The maximum absolute atomic E-state index is 13.0. The molecule has 0 spiro atoms. The molecule has 6 rings (SSSR count). The van der Waals surface area contributed by atoms with Crippen molar-refractivity contribution in [3.05, 3.63) is 101 Å². The Balaban J connectivity index is 1.03. The lowest BCUT2D eigenvalue weighted by Gasteiger charge is -2.33. The first kappa shape index (κ1) is 26.0. The topological polar surface area (TPSA) is 106 Å². The Morgan fingerprint density at radius 2 is 1.80 bits per heavy atom.